The lowest BCUT2D eigenvalue weighted by Crippen LogP contribution is -2.30. The third kappa shape index (κ3) is 5.00. The lowest BCUT2D eigenvalue weighted by Gasteiger charge is -2.29. The van der Waals surface area contributed by atoms with Crippen molar-refractivity contribution in [1.82, 2.24) is 14.8 Å². The van der Waals surface area contributed by atoms with Crippen molar-refractivity contribution in [2.45, 2.75) is 58.4 Å². The van der Waals surface area contributed by atoms with Gasteiger partial charge in [0, 0.05) is 11.3 Å². The summed E-state index contributed by atoms with van der Waals surface area (Å²) in [6.07, 6.45) is 8.24. The molecule has 2 heterocycles. The molecule has 0 amide bonds. The Morgan fingerprint density at radius 3 is 2.65 bits per heavy atom. The highest BCUT2D eigenvalue weighted by molar-refractivity contribution is 5.92. The summed E-state index contributed by atoms with van der Waals surface area (Å²) in [6, 6.07) is 5.04. The van der Waals surface area contributed by atoms with Crippen LogP contribution in [0.3, 0.4) is 0 Å². The van der Waals surface area contributed by atoms with Gasteiger partial charge >= 0.3 is 5.97 Å². The van der Waals surface area contributed by atoms with Gasteiger partial charge in [-0.25, -0.2) is 9.48 Å². The molecule has 31 heavy (non-hydrogen) atoms. The lowest BCUT2D eigenvalue weighted by atomic mass is 9.94. The van der Waals surface area contributed by atoms with E-state index in [-0.39, 0.29) is 5.97 Å². The third-order valence-electron chi connectivity index (χ3n) is 5.47. The molecule has 1 aliphatic rings. The fourth-order valence-corrected chi connectivity index (χ4v) is 3.90. The van der Waals surface area contributed by atoms with E-state index in [1.165, 1.54) is 32.0 Å². The summed E-state index contributed by atoms with van der Waals surface area (Å²) in [4.78, 5) is 17.4. The number of aromatic nitrogens is 3. The molecule has 1 N–H and O–H groups in total. The second-order valence-corrected chi connectivity index (χ2v) is 7.58. The normalized spacial score (nSPS) is 15.3. The second kappa shape index (κ2) is 10.8. The maximum Gasteiger partial charge on any atom is 0.338 e. The van der Waals surface area contributed by atoms with Crippen LogP contribution in [0.4, 0.5) is 5.95 Å². The van der Waals surface area contributed by atoms with Crippen molar-refractivity contribution in [3.63, 3.8) is 0 Å². The van der Waals surface area contributed by atoms with Gasteiger partial charge in [0.25, 0.3) is 0 Å². The number of para-hydroxylation sites is 1. The molecule has 0 fully saturated rings. The van der Waals surface area contributed by atoms with Crippen LogP contribution < -0.4 is 14.8 Å². The Hall–Kier alpha value is -3.03. The Morgan fingerprint density at radius 1 is 1.13 bits per heavy atom. The first-order chi connectivity index (χ1) is 15.1. The van der Waals surface area contributed by atoms with Gasteiger partial charge in [-0.3, -0.25) is 0 Å². The summed E-state index contributed by atoms with van der Waals surface area (Å²) in [6.45, 7) is 4.44. The number of fused-ring (bicyclic) bond motifs is 1. The fourth-order valence-electron chi connectivity index (χ4n) is 3.90. The lowest BCUT2D eigenvalue weighted by molar-refractivity contribution is -0.139. The van der Waals surface area contributed by atoms with E-state index in [9.17, 15) is 4.79 Å². The van der Waals surface area contributed by atoms with Gasteiger partial charge in [-0.15, -0.1) is 0 Å². The number of hydrogen-bond donors (Lipinski definition) is 1. The first-order valence-corrected chi connectivity index (χ1v) is 10.9. The molecule has 0 bridgehead atoms. The highest BCUT2D eigenvalue weighted by atomic mass is 16.5. The molecule has 0 unspecified atom stereocenters. The van der Waals surface area contributed by atoms with Crippen LogP contribution in [-0.4, -0.2) is 41.6 Å². The van der Waals surface area contributed by atoms with Crippen molar-refractivity contribution in [2.24, 2.45) is 0 Å². The minimum Gasteiger partial charge on any atom is -0.493 e. The van der Waals surface area contributed by atoms with Gasteiger partial charge in [0.15, 0.2) is 11.5 Å². The van der Waals surface area contributed by atoms with E-state index in [1.54, 1.807) is 18.9 Å². The van der Waals surface area contributed by atoms with Crippen molar-refractivity contribution in [1.29, 1.82) is 0 Å². The van der Waals surface area contributed by atoms with Gasteiger partial charge in [0.1, 0.15) is 12.4 Å². The number of nitrogens with zero attached hydrogens (tertiary/aromatic N) is 3. The second-order valence-electron chi connectivity index (χ2n) is 7.58. The number of anilines is 1. The van der Waals surface area contributed by atoms with Crippen LogP contribution >= 0.6 is 0 Å². The van der Waals surface area contributed by atoms with Gasteiger partial charge in [0.2, 0.25) is 5.95 Å². The van der Waals surface area contributed by atoms with E-state index in [2.05, 4.69) is 22.3 Å². The summed E-state index contributed by atoms with van der Waals surface area (Å²) in [5.41, 5.74) is 1.92. The van der Waals surface area contributed by atoms with E-state index >= 15 is 0 Å². The van der Waals surface area contributed by atoms with E-state index in [0.29, 0.717) is 35.3 Å². The molecule has 0 aliphatic carbocycles. The average molecular weight is 429 g/mol. The summed E-state index contributed by atoms with van der Waals surface area (Å²) in [5, 5.41) is 7.51. The molecule has 168 valence electrons. The number of esters is 1. The maximum atomic E-state index is 13.2. The summed E-state index contributed by atoms with van der Waals surface area (Å²) >= 11 is 0. The predicted molar refractivity (Wildman–Crippen MR) is 118 cm³/mol. The van der Waals surface area contributed by atoms with Crippen LogP contribution in [0, 0.1) is 0 Å². The summed E-state index contributed by atoms with van der Waals surface area (Å²) in [7, 11) is 3.17. The minimum absolute atomic E-state index is 0.366. The highest BCUT2D eigenvalue weighted by Gasteiger charge is 2.36. The Bertz CT molecular complexity index is 922. The van der Waals surface area contributed by atoms with Crippen molar-refractivity contribution >= 4 is 11.9 Å². The number of carbonyl (C=O) groups excluding carboxylic acids is 1. The minimum atomic E-state index is -0.541. The van der Waals surface area contributed by atoms with Crippen LogP contribution in [0.15, 0.2) is 35.8 Å². The van der Waals surface area contributed by atoms with Crippen LogP contribution in [0.25, 0.3) is 0 Å². The molecular formula is C23H32N4O4. The van der Waals surface area contributed by atoms with E-state index in [1.807, 2.05) is 25.1 Å². The van der Waals surface area contributed by atoms with Gasteiger partial charge in [-0.2, -0.15) is 10.1 Å². The van der Waals surface area contributed by atoms with Crippen LogP contribution in [0.5, 0.6) is 11.5 Å². The van der Waals surface area contributed by atoms with Gasteiger partial charge in [-0.1, -0.05) is 51.2 Å². The molecule has 0 saturated carbocycles. The molecule has 1 aromatic heterocycles. The van der Waals surface area contributed by atoms with Gasteiger partial charge in [-0.05, 0) is 19.4 Å². The number of nitrogens with one attached hydrogen (secondary N) is 1. The molecule has 3 rings (SSSR count). The summed E-state index contributed by atoms with van der Waals surface area (Å²) in [5.74, 6) is 1.32. The van der Waals surface area contributed by atoms with Gasteiger partial charge in [0.05, 0.1) is 26.4 Å². The SMILES string of the molecule is CCCCCCCCOC(=O)C1=C(C)Nc2ncnn2[C@@H]1c1cccc(OC)c1OC. The quantitative estimate of drug-likeness (QED) is 0.417. The molecule has 1 aromatic carbocycles. The summed E-state index contributed by atoms with van der Waals surface area (Å²) < 4.78 is 18.4. The fraction of sp³-hybridized carbons (Fsp3) is 0.522. The Morgan fingerprint density at radius 2 is 1.90 bits per heavy atom. The number of carbonyl (C=O) groups is 1. The number of unbranched alkanes of at least 4 members (excludes halogenated alkanes) is 5. The van der Waals surface area contributed by atoms with Crippen molar-refractivity contribution in [3.05, 3.63) is 41.4 Å². The number of rotatable bonds is 11. The van der Waals surface area contributed by atoms with Crippen LogP contribution in [0.1, 0.15) is 64.0 Å². The number of benzene rings is 1. The topological polar surface area (TPSA) is 87.5 Å². The molecule has 1 atom stereocenters. The van der Waals surface area contributed by atoms with E-state index in [4.69, 9.17) is 14.2 Å². The highest BCUT2D eigenvalue weighted by Crippen LogP contribution is 2.42. The zero-order valence-corrected chi connectivity index (χ0v) is 18.8. The first-order valence-electron chi connectivity index (χ1n) is 10.9. The molecular weight excluding hydrogens is 396 g/mol. The molecule has 2 aromatic rings. The smallest absolute Gasteiger partial charge is 0.338 e. The van der Waals surface area contributed by atoms with Crippen LogP contribution in [0.2, 0.25) is 0 Å². The Balaban J connectivity index is 1.84. The molecule has 8 nitrogen and oxygen atoms in total. The molecule has 0 radical (unpaired) electrons. The largest absolute Gasteiger partial charge is 0.493 e. The maximum absolute atomic E-state index is 13.2. The van der Waals surface area contributed by atoms with Crippen LogP contribution in [-0.2, 0) is 9.53 Å². The zero-order valence-electron chi connectivity index (χ0n) is 18.8. The Kier molecular flexibility index (Phi) is 7.92. The number of methoxy groups -OCH3 is 2. The van der Waals surface area contributed by atoms with E-state index in [0.717, 1.165) is 18.4 Å². The third-order valence-corrected chi connectivity index (χ3v) is 5.47. The monoisotopic (exact) mass is 428 g/mol. The zero-order chi connectivity index (χ0) is 22.2. The average Bonchev–Trinajstić information content (AvgIpc) is 3.24. The van der Waals surface area contributed by atoms with Crippen molar-refractivity contribution in [2.75, 3.05) is 26.1 Å². The van der Waals surface area contributed by atoms with Crippen molar-refractivity contribution in [3.8, 4) is 11.5 Å². The molecule has 1 aliphatic heterocycles. The van der Waals surface area contributed by atoms with Gasteiger partial charge < -0.3 is 19.5 Å². The molecule has 8 heteroatoms. The molecule has 0 spiro atoms. The Labute approximate surface area is 183 Å². The first kappa shape index (κ1) is 22.7. The molecule has 0 saturated heterocycles. The standard InChI is InChI=1S/C23H32N4O4/c1-5-6-7-8-9-10-14-31-22(28)19-16(2)26-23-24-15-25-27(23)20(19)17-12-11-13-18(29-3)21(17)30-4/h11-13,15,20H,5-10,14H2,1-4H3,(H,24,25,26)/t20-/m1/s1. The van der Waals surface area contributed by atoms with Crippen molar-refractivity contribution < 1.29 is 19.0 Å². The number of ether oxygens (including phenoxy) is 3. The predicted octanol–water partition coefficient (Wildman–Crippen LogP) is 4.49. The number of allylic oxidation sites excluding steroid dienone is 1. The van der Waals surface area contributed by atoms with E-state index < -0.39 is 6.04 Å². The number of hydrogen-bond acceptors (Lipinski definition) is 7.